The molecule has 0 aliphatic carbocycles. The van der Waals surface area contributed by atoms with Gasteiger partial charge in [0.2, 0.25) is 0 Å². The van der Waals surface area contributed by atoms with Gasteiger partial charge in [0.1, 0.15) is 0 Å². The molecule has 4 heterocycles. The number of rotatable bonds is 24. The zero-order valence-corrected chi connectivity index (χ0v) is 31.8. The molecule has 0 unspecified atom stereocenters. The molecule has 0 spiro atoms. The molecule has 0 aromatic rings. The highest BCUT2D eigenvalue weighted by Gasteiger charge is 2.36. The number of carbonyl (C=O) groups excluding carboxylic acids is 12. The van der Waals surface area contributed by atoms with E-state index in [1.54, 1.807) is 0 Å². The third-order valence-electron chi connectivity index (χ3n) is 10.1. The molecule has 0 aromatic carbocycles. The Morgan fingerprint density at radius 1 is 0.333 bits per heavy atom. The number of imide groups is 4. The van der Waals surface area contributed by atoms with Crippen LogP contribution in [0, 0.1) is 5.41 Å². The maximum absolute atomic E-state index is 12.5. The quantitative estimate of drug-likeness (QED) is 0.100. The van der Waals surface area contributed by atoms with E-state index in [1.165, 1.54) is 0 Å². The van der Waals surface area contributed by atoms with E-state index in [4.69, 9.17) is 19.4 Å². The molecule has 4 saturated heterocycles. The molecule has 0 bridgehead atoms. The van der Waals surface area contributed by atoms with E-state index in [0.29, 0.717) is 97.3 Å². The highest BCUT2D eigenvalue weighted by Crippen LogP contribution is 2.42. The van der Waals surface area contributed by atoms with Crippen molar-refractivity contribution in [1.82, 2.24) is 20.3 Å². The van der Waals surface area contributed by atoms with E-state index < -0.39 is 76.5 Å². The number of amides is 8. The van der Waals surface area contributed by atoms with Crippen LogP contribution in [0.3, 0.4) is 0 Å². The second-order valence-electron chi connectivity index (χ2n) is 14.5. The van der Waals surface area contributed by atoms with Crippen LogP contribution in [-0.4, -0.2) is 91.4 Å². The van der Waals surface area contributed by atoms with Gasteiger partial charge in [-0.15, -0.1) is 20.3 Å². The van der Waals surface area contributed by atoms with Gasteiger partial charge in [-0.05, 0) is 56.8 Å². The molecule has 0 radical (unpaired) electrons. The number of carbonyl (C=O) groups is 12. The van der Waals surface area contributed by atoms with Crippen molar-refractivity contribution in [2.75, 3.05) is 0 Å². The van der Waals surface area contributed by atoms with Crippen molar-refractivity contribution in [3.05, 3.63) is 0 Å². The molecule has 8 amide bonds. The third-order valence-corrected chi connectivity index (χ3v) is 10.1. The van der Waals surface area contributed by atoms with Gasteiger partial charge in [0, 0.05) is 77.0 Å². The summed E-state index contributed by atoms with van der Waals surface area (Å²) >= 11 is 0. The van der Waals surface area contributed by atoms with E-state index in [0.717, 1.165) is 0 Å². The summed E-state index contributed by atoms with van der Waals surface area (Å²) in [5, 5.41) is 1.92. The molecule has 0 atom stereocenters. The Bertz CT molecular complexity index is 1340. The molecule has 0 aromatic heterocycles. The molecule has 4 aliphatic rings. The summed E-state index contributed by atoms with van der Waals surface area (Å²) in [6.07, 6.45) is 4.69. The van der Waals surface area contributed by atoms with Gasteiger partial charge in [0.25, 0.3) is 47.3 Å². The van der Waals surface area contributed by atoms with Gasteiger partial charge >= 0.3 is 23.9 Å². The minimum absolute atomic E-state index is 0.0423. The fourth-order valence-electron chi connectivity index (χ4n) is 7.05. The van der Waals surface area contributed by atoms with Crippen LogP contribution in [0.15, 0.2) is 0 Å². The molecular weight excluding hydrogens is 756 g/mol. The third kappa shape index (κ3) is 13.3. The molecule has 57 heavy (non-hydrogen) atoms. The highest BCUT2D eigenvalue weighted by atomic mass is 16.7. The molecule has 312 valence electrons. The standard InChI is InChI=1S/C37H48N4O16/c42-25-13-14-26(43)38(25)54-33(50)9-1-5-21-37(22-6-2-10-34(51)55-39-27(44)15-16-28(39)45,23-7-3-11-35(52)56-40-29(46)17-18-30(40)47)24-8-4-12-36(53)57-41-31(48)19-20-32(41)49/h1-24H2. The minimum Gasteiger partial charge on any atom is -0.330 e. The van der Waals surface area contributed by atoms with Crippen LogP contribution in [0.1, 0.15) is 154 Å². The number of hydrogen-bond donors (Lipinski definition) is 0. The van der Waals surface area contributed by atoms with Crippen molar-refractivity contribution in [2.24, 2.45) is 5.41 Å². The molecule has 4 aliphatic heterocycles. The lowest BCUT2D eigenvalue weighted by atomic mass is 9.70. The summed E-state index contributed by atoms with van der Waals surface area (Å²) < 4.78 is 0. The monoisotopic (exact) mass is 804 g/mol. The summed E-state index contributed by atoms with van der Waals surface area (Å²) in [4.78, 5) is 165. The summed E-state index contributed by atoms with van der Waals surface area (Å²) in [6, 6.07) is 0. The largest absolute Gasteiger partial charge is 0.333 e. The fourth-order valence-corrected chi connectivity index (χ4v) is 7.05. The van der Waals surface area contributed by atoms with Gasteiger partial charge in [-0.1, -0.05) is 25.7 Å². The number of hydroxylamine groups is 8. The molecule has 4 fully saturated rings. The Kier molecular flexibility index (Phi) is 16.3. The smallest absolute Gasteiger partial charge is 0.330 e. The van der Waals surface area contributed by atoms with Gasteiger partial charge in [0.15, 0.2) is 0 Å². The van der Waals surface area contributed by atoms with Crippen molar-refractivity contribution in [3.63, 3.8) is 0 Å². The van der Waals surface area contributed by atoms with Crippen molar-refractivity contribution in [2.45, 2.75) is 154 Å². The SMILES string of the molecule is O=C(CCCCC(CCCCC(=O)ON1C(=O)CCC1=O)(CCCCC(=O)ON1C(=O)CCC1=O)CCCCC(=O)ON1C(=O)CCC1=O)ON1C(=O)CCC1=O. The van der Waals surface area contributed by atoms with Gasteiger partial charge in [0.05, 0.1) is 0 Å². The number of nitrogens with zero attached hydrogens (tertiary/aromatic N) is 4. The summed E-state index contributed by atoms with van der Waals surface area (Å²) in [6.45, 7) is 0. The van der Waals surface area contributed by atoms with E-state index in [9.17, 15) is 57.5 Å². The zero-order chi connectivity index (χ0) is 41.5. The number of unbranched alkanes of at least 4 members (excludes halogenated alkanes) is 4. The van der Waals surface area contributed by atoms with Gasteiger partial charge in [-0.3, -0.25) is 38.4 Å². The fraction of sp³-hybridized carbons (Fsp3) is 0.676. The Balaban J connectivity index is 1.37. The van der Waals surface area contributed by atoms with Crippen LogP contribution in [-0.2, 0) is 76.9 Å². The average Bonchev–Trinajstić information content (AvgIpc) is 3.88. The van der Waals surface area contributed by atoms with Crippen LogP contribution in [0.5, 0.6) is 0 Å². The van der Waals surface area contributed by atoms with E-state index in [2.05, 4.69) is 0 Å². The molecular formula is C37H48N4O16. The van der Waals surface area contributed by atoms with Crippen molar-refractivity contribution < 1.29 is 76.9 Å². The zero-order valence-electron chi connectivity index (χ0n) is 31.8. The maximum atomic E-state index is 12.5. The first-order valence-corrected chi connectivity index (χ1v) is 19.4. The normalized spacial score (nSPS) is 17.4. The maximum Gasteiger partial charge on any atom is 0.333 e. The second kappa shape index (κ2) is 21.1. The van der Waals surface area contributed by atoms with Gasteiger partial charge in [-0.2, -0.15) is 0 Å². The van der Waals surface area contributed by atoms with E-state index >= 15 is 0 Å². The van der Waals surface area contributed by atoms with E-state index in [1.807, 2.05) is 0 Å². The molecule has 0 N–H and O–H groups in total. The first-order valence-electron chi connectivity index (χ1n) is 19.4. The predicted molar refractivity (Wildman–Crippen MR) is 185 cm³/mol. The molecule has 20 nitrogen and oxygen atoms in total. The lowest BCUT2D eigenvalue weighted by molar-refractivity contribution is -0.197. The minimum atomic E-state index is -0.750. The Hall–Kier alpha value is -5.56. The Labute approximate surface area is 327 Å². The molecule has 0 saturated carbocycles. The molecule has 20 heteroatoms. The van der Waals surface area contributed by atoms with Crippen LogP contribution < -0.4 is 0 Å². The summed E-state index contributed by atoms with van der Waals surface area (Å²) in [7, 11) is 0. The van der Waals surface area contributed by atoms with Crippen LogP contribution in [0.2, 0.25) is 0 Å². The van der Waals surface area contributed by atoms with Crippen LogP contribution >= 0.6 is 0 Å². The first-order chi connectivity index (χ1) is 27.2. The Morgan fingerprint density at radius 3 is 0.684 bits per heavy atom. The summed E-state index contributed by atoms with van der Waals surface area (Å²) in [5.74, 6) is -7.78. The average molecular weight is 805 g/mol. The van der Waals surface area contributed by atoms with E-state index in [-0.39, 0.29) is 77.0 Å². The van der Waals surface area contributed by atoms with Crippen molar-refractivity contribution in [1.29, 1.82) is 0 Å². The lowest BCUT2D eigenvalue weighted by Gasteiger charge is -2.35. The van der Waals surface area contributed by atoms with Crippen LogP contribution in [0.25, 0.3) is 0 Å². The van der Waals surface area contributed by atoms with Gasteiger partial charge < -0.3 is 19.4 Å². The van der Waals surface area contributed by atoms with Crippen molar-refractivity contribution >= 4 is 71.1 Å². The predicted octanol–water partition coefficient (Wildman–Crippen LogP) is 2.64. The summed E-state index contributed by atoms with van der Waals surface area (Å²) in [5.41, 5.74) is -0.481. The Morgan fingerprint density at radius 2 is 0.509 bits per heavy atom. The second-order valence-corrected chi connectivity index (χ2v) is 14.5. The topological polar surface area (TPSA) is 255 Å². The molecule has 4 rings (SSSR count). The van der Waals surface area contributed by atoms with Crippen molar-refractivity contribution in [3.8, 4) is 0 Å². The number of hydrogen-bond acceptors (Lipinski definition) is 16. The lowest BCUT2D eigenvalue weighted by Crippen LogP contribution is -2.32. The highest BCUT2D eigenvalue weighted by molar-refractivity contribution is 6.03. The van der Waals surface area contributed by atoms with Crippen LogP contribution in [0.4, 0.5) is 0 Å². The first kappa shape index (κ1) is 44.2. The van der Waals surface area contributed by atoms with Gasteiger partial charge in [-0.25, -0.2) is 19.2 Å².